The number of aryl methyl sites for hydroxylation is 1. The Labute approximate surface area is 248 Å². The SMILES string of the molecule is CCCc1ccc(-c2ccc(Oc3cc4nc(N5CC(C)NC(C)C5)ccc4cc3CN3C[C@@H](C)CC3=O)cc2)nn1. The first kappa shape index (κ1) is 28.1. The van der Waals surface area contributed by atoms with Crippen molar-refractivity contribution in [3.05, 3.63) is 71.9 Å². The maximum atomic E-state index is 12.7. The molecule has 42 heavy (non-hydrogen) atoms. The van der Waals surface area contributed by atoms with Crippen molar-refractivity contribution in [2.75, 3.05) is 24.5 Å². The van der Waals surface area contributed by atoms with Crippen LogP contribution in [0.4, 0.5) is 5.82 Å². The monoisotopic (exact) mass is 564 g/mol. The molecule has 6 rings (SSSR count). The number of amides is 1. The highest BCUT2D eigenvalue weighted by Crippen LogP contribution is 2.34. The number of carbonyl (C=O) groups is 1. The van der Waals surface area contributed by atoms with Crippen molar-refractivity contribution in [3.63, 3.8) is 0 Å². The maximum Gasteiger partial charge on any atom is 0.223 e. The highest BCUT2D eigenvalue weighted by Gasteiger charge is 2.28. The third-order valence-corrected chi connectivity index (χ3v) is 8.11. The molecule has 2 unspecified atom stereocenters. The first-order valence-electron chi connectivity index (χ1n) is 15.2. The molecule has 2 saturated heterocycles. The van der Waals surface area contributed by atoms with Crippen LogP contribution in [0.5, 0.6) is 11.5 Å². The van der Waals surface area contributed by atoms with Crippen LogP contribution in [0.25, 0.3) is 22.2 Å². The van der Waals surface area contributed by atoms with Gasteiger partial charge in [0.1, 0.15) is 17.3 Å². The van der Waals surface area contributed by atoms with E-state index in [9.17, 15) is 4.79 Å². The van der Waals surface area contributed by atoms with Gasteiger partial charge in [-0.2, -0.15) is 10.2 Å². The highest BCUT2D eigenvalue weighted by atomic mass is 16.5. The molecule has 4 heterocycles. The van der Waals surface area contributed by atoms with E-state index in [2.05, 4.69) is 66.3 Å². The zero-order chi connectivity index (χ0) is 29.2. The van der Waals surface area contributed by atoms with Gasteiger partial charge in [-0.15, -0.1) is 0 Å². The zero-order valence-corrected chi connectivity index (χ0v) is 25.0. The number of hydrogen-bond acceptors (Lipinski definition) is 7. The van der Waals surface area contributed by atoms with Crippen molar-refractivity contribution in [2.24, 2.45) is 5.92 Å². The van der Waals surface area contributed by atoms with Gasteiger partial charge in [0.2, 0.25) is 5.91 Å². The van der Waals surface area contributed by atoms with Gasteiger partial charge in [-0.3, -0.25) is 4.79 Å². The van der Waals surface area contributed by atoms with Gasteiger partial charge in [0, 0.05) is 67.3 Å². The quantitative estimate of drug-likeness (QED) is 0.281. The largest absolute Gasteiger partial charge is 0.457 e. The van der Waals surface area contributed by atoms with Crippen molar-refractivity contribution >= 4 is 22.6 Å². The summed E-state index contributed by atoms with van der Waals surface area (Å²) >= 11 is 0. The minimum absolute atomic E-state index is 0.194. The number of nitrogens with one attached hydrogen (secondary N) is 1. The predicted molar refractivity (Wildman–Crippen MR) is 167 cm³/mol. The number of aromatic nitrogens is 3. The Morgan fingerprint density at radius 2 is 1.71 bits per heavy atom. The number of ether oxygens (including phenoxy) is 1. The number of hydrogen-bond donors (Lipinski definition) is 1. The van der Waals surface area contributed by atoms with Crippen LogP contribution in [0, 0.1) is 5.92 Å². The molecule has 0 bridgehead atoms. The van der Waals surface area contributed by atoms with Gasteiger partial charge in [-0.1, -0.05) is 20.3 Å². The Morgan fingerprint density at radius 3 is 2.38 bits per heavy atom. The van der Waals surface area contributed by atoms with Crippen LogP contribution in [-0.4, -0.2) is 57.7 Å². The molecule has 0 spiro atoms. The van der Waals surface area contributed by atoms with Crippen LogP contribution in [-0.2, 0) is 17.8 Å². The third-order valence-electron chi connectivity index (χ3n) is 8.11. The van der Waals surface area contributed by atoms with Gasteiger partial charge in [0.15, 0.2) is 0 Å². The van der Waals surface area contributed by atoms with Crippen LogP contribution in [0.3, 0.4) is 0 Å². The molecule has 1 N–H and O–H groups in total. The second-order valence-corrected chi connectivity index (χ2v) is 12.1. The lowest BCUT2D eigenvalue weighted by Gasteiger charge is -2.37. The van der Waals surface area contributed by atoms with E-state index in [0.717, 1.165) is 83.2 Å². The standard InChI is InChI=1S/C34H40N6O2/c1-5-6-28-10-13-30(38-37-28)25-7-11-29(12-8-25)42-32-17-31-26(16-27(32)21-40-18-22(2)15-34(40)41)9-14-33(36-31)39-19-23(3)35-24(4)20-39/h7-14,16-17,22-24,35H,5-6,15,18-21H2,1-4H3/t22-,23?,24?/m0/s1. The summed E-state index contributed by atoms with van der Waals surface area (Å²) in [6.45, 7) is 11.8. The van der Waals surface area contributed by atoms with Gasteiger partial charge in [0.05, 0.1) is 16.9 Å². The smallest absolute Gasteiger partial charge is 0.223 e. The normalized spacial score (nSPS) is 20.9. The van der Waals surface area contributed by atoms with E-state index in [-0.39, 0.29) is 5.91 Å². The molecule has 2 aliphatic rings. The molecule has 0 saturated carbocycles. The van der Waals surface area contributed by atoms with Crippen molar-refractivity contribution in [3.8, 4) is 22.8 Å². The fourth-order valence-electron chi connectivity index (χ4n) is 6.15. The van der Waals surface area contributed by atoms with Gasteiger partial charge < -0.3 is 19.9 Å². The highest BCUT2D eigenvalue weighted by molar-refractivity contribution is 5.84. The topological polar surface area (TPSA) is 83.5 Å². The molecule has 218 valence electrons. The molecule has 2 aromatic carbocycles. The number of anilines is 1. The molecule has 1 amide bonds. The molecule has 0 radical (unpaired) electrons. The summed E-state index contributed by atoms with van der Waals surface area (Å²) in [5, 5.41) is 13.4. The fourth-order valence-corrected chi connectivity index (χ4v) is 6.15. The molecule has 2 aromatic heterocycles. The van der Waals surface area contributed by atoms with Gasteiger partial charge in [-0.25, -0.2) is 4.98 Å². The Morgan fingerprint density at radius 1 is 0.929 bits per heavy atom. The summed E-state index contributed by atoms with van der Waals surface area (Å²) in [5.41, 5.74) is 4.69. The maximum absolute atomic E-state index is 12.7. The first-order valence-corrected chi connectivity index (χ1v) is 15.2. The van der Waals surface area contributed by atoms with Gasteiger partial charge in [-0.05, 0) is 80.8 Å². The molecule has 4 aromatic rings. The van der Waals surface area contributed by atoms with Crippen molar-refractivity contribution in [1.29, 1.82) is 0 Å². The number of nitrogens with zero attached hydrogens (tertiary/aromatic N) is 5. The molecular formula is C34H40N6O2. The minimum atomic E-state index is 0.194. The fraction of sp³-hybridized carbons (Fsp3) is 0.412. The molecule has 8 heteroatoms. The minimum Gasteiger partial charge on any atom is -0.457 e. The lowest BCUT2D eigenvalue weighted by molar-refractivity contribution is -0.128. The summed E-state index contributed by atoms with van der Waals surface area (Å²) in [5.74, 6) is 2.97. The second-order valence-electron chi connectivity index (χ2n) is 12.1. The molecule has 0 aliphatic carbocycles. The number of likely N-dealkylation sites (tertiary alicyclic amines) is 1. The zero-order valence-electron chi connectivity index (χ0n) is 25.0. The lowest BCUT2D eigenvalue weighted by atomic mass is 10.1. The Kier molecular flexibility index (Phi) is 8.07. The number of rotatable bonds is 8. The Hall–Kier alpha value is -4.04. The van der Waals surface area contributed by atoms with Crippen LogP contribution < -0.4 is 15.0 Å². The first-order chi connectivity index (χ1) is 20.3. The number of pyridine rings is 1. The van der Waals surface area contributed by atoms with E-state index in [1.165, 1.54) is 0 Å². The van der Waals surface area contributed by atoms with Crippen LogP contribution in [0.2, 0.25) is 0 Å². The lowest BCUT2D eigenvalue weighted by Crippen LogP contribution is -2.54. The van der Waals surface area contributed by atoms with Crippen molar-refractivity contribution in [1.82, 2.24) is 25.4 Å². The van der Waals surface area contributed by atoms with E-state index < -0.39 is 0 Å². The van der Waals surface area contributed by atoms with E-state index in [1.54, 1.807) is 0 Å². The molecule has 2 fully saturated rings. The number of piperazine rings is 1. The second kappa shape index (κ2) is 12.1. The predicted octanol–water partition coefficient (Wildman–Crippen LogP) is 5.99. The van der Waals surface area contributed by atoms with E-state index in [0.29, 0.717) is 31.0 Å². The van der Waals surface area contributed by atoms with Crippen molar-refractivity contribution < 1.29 is 9.53 Å². The average Bonchev–Trinajstić information content (AvgIpc) is 3.29. The molecular weight excluding hydrogens is 524 g/mol. The summed E-state index contributed by atoms with van der Waals surface area (Å²) < 4.78 is 6.51. The van der Waals surface area contributed by atoms with Gasteiger partial charge >= 0.3 is 0 Å². The Bertz CT molecular complexity index is 1550. The number of benzene rings is 2. The van der Waals surface area contributed by atoms with Crippen LogP contribution in [0.1, 0.15) is 51.8 Å². The third kappa shape index (κ3) is 6.23. The van der Waals surface area contributed by atoms with Crippen molar-refractivity contribution in [2.45, 2.75) is 65.6 Å². The number of carbonyl (C=O) groups excluding carboxylic acids is 1. The summed E-state index contributed by atoms with van der Waals surface area (Å²) in [6.07, 6.45) is 2.58. The summed E-state index contributed by atoms with van der Waals surface area (Å²) in [7, 11) is 0. The summed E-state index contributed by atoms with van der Waals surface area (Å²) in [4.78, 5) is 22.0. The molecule has 3 atom stereocenters. The number of fused-ring (bicyclic) bond motifs is 1. The summed E-state index contributed by atoms with van der Waals surface area (Å²) in [6, 6.07) is 21.2. The molecule has 8 nitrogen and oxygen atoms in total. The van der Waals surface area contributed by atoms with E-state index in [4.69, 9.17) is 9.72 Å². The van der Waals surface area contributed by atoms with Gasteiger partial charge in [0.25, 0.3) is 0 Å². The average molecular weight is 565 g/mol. The van der Waals surface area contributed by atoms with Crippen LogP contribution in [0.15, 0.2) is 60.7 Å². The Balaban J connectivity index is 1.30. The van der Waals surface area contributed by atoms with Crippen LogP contribution >= 0.6 is 0 Å². The van der Waals surface area contributed by atoms with E-state index in [1.807, 2.05) is 47.4 Å². The molecule has 2 aliphatic heterocycles. The van der Waals surface area contributed by atoms with E-state index >= 15 is 0 Å².